The highest BCUT2D eigenvalue weighted by Crippen LogP contribution is 2.26. The van der Waals surface area contributed by atoms with Crippen molar-refractivity contribution in [3.8, 4) is 0 Å². The molecule has 0 fully saturated rings. The van der Waals surface area contributed by atoms with Gasteiger partial charge >= 0.3 is 8.80 Å². The molecule has 5 nitrogen and oxygen atoms in total. The molecule has 0 rings (SSSR count). The van der Waals surface area contributed by atoms with Gasteiger partial charge in [0, 0.05) is 40.5 Å². The van der Waals surface area contributed by atoms with Crippen molar-refractivity contribution in [2.24, 2.45) is 0 Å². The minimum absolute atomic E-state index is 0.891. The van der Waals surface area contributed by atoms with E-state index >= 15 is 0 Å². The van der Waals surface area contributed by atoms with Crippen molar-refractivity contribution >= 4 is 17.0 Å². The number of hydrogen-bond acceptors (Lipinski definition) is 5. The summed E-state index contributed by atoms with van der Waals surface area (Å²) in [7, 11) is 1.29. The lowest BCUT2D eigenvalue weighted by Gasteiger charge is -2.42. The van der Waals surface area contributed by atoms with E-state index in [4.69, 9.17) is 13.3 Å². The zero-order chi connectivity index (χ0) is 20.8. The molecule has 7 heteroatoms. The fraction of sp³-hybridized carbons (Fsp3) is 1.00. The summed E-state index contributed by atoms with van der Waals surface area (Å²) >= 11 is 0. The maximum absolute atomic E-state index is 5.62. The maximum atomic E-state index is 5.62. The molecule has 0 amide bonds. The molecule has 0 aromatic rings. The van der Waals surface area contributed by atoms with E-state index in [9.17, 15) is 0 Å². The average Bonchev–Trinajstić information content (AvgIpc) is 2.71. The van der Waals surface area contributed by atoms with Crippen LogP contribution in [-0.4, -0.2) is 80.6 Å². The third-order valence-corrected chi connectivity index (χ3v) is 14.8. The highest BCUT2D eigenvalue weighted by Gasteiger charge is 2.39. The highest BCUT2D eigenvalue weighted by atomic mass is 28.4. The van der Waals surface area contributed by atoms with Crippen LogP contribution < -0.4 is 0 Å². The number of rotatable bonds is 18. The van der Waals surface area contributed by atoms with Crippen LogP contribution in [0.25, 0.3) is 0 Å². The van der Waals surface area contributed by atoms with Gasteiger partial charge in [-0.05, 0) is 57.0 Å². The van der Waals surface area contributed by atoms with Gasteiger partial charge in [-0.25, -0.2) is 0 Å². The molecule has 27 heavy (non-hydrogen) atoms. The van der Waals surface area contributed by atoms with E-state index in [0.29, 0.717) is 0 Å². The Hall–Kier alpha value is 0.234. The van der Waals surface area contributed by atoms with Crippen LogP contribution in [0.2, 0.25) is 24.2 Å². The first-order chi connectivity index (χ1) is 13.0. The molecule has 0 saturated heterocycles. The smallest absolute Gasteiger partial charge is 0.377 e. The van der Waals surface area contributed by atoms with Crippen LogP contribution in [0.15, 0.2) is 0 Å². The van der Waals surface area contributed by atoms with Crippen LogP contribution in [0.1, 0.15) is 53.9 Å². The minimum atomic E-state index is -2.47. The monoisotopic (exact) mass is 420 g/mol. The minimum Gasteiger partial charge on any atom is -0.377 e. The van der Waals surface area contributed by atoms with Gasteiger partial charge in [0.15, 0.2) is 0 Å². The average molecular weight is 421 g/mol. The van der Waals surface area contributed by atoms with Crippen molar-refractivity contribution in [3.05, 3.63) is 0 Å². The Morgan fingerprint density at radius 2 is 1.11 bits per heavy atom. The summed E-state index contributed by atoms with van der Waals surface area (Å²) in [5.74, 6) is 0. The zero-order valence-electron chi connectivity index (χ0n) is 19.6. The van der Waals surface area contributed by atoms with Crippen LogP contribution in [0.3, 0.4) is 0 Å². The van der Waals surface area contributed by atoms with Crippen molar-refractivity contribution in [1.82, 2.24) is 9.47 Å². The van der Waals surface area contributed by atoms with Crippen molar-refractivity contribution in [3.63, 3.8) is 0 Å². The Morgan fingerprint density at radius 3 is 1.48 bits per heavy atom. The van der Waals surface area contributed by atoms with Gasteiger partial charge in [0.25, 0.3) is 0 Å². The summed E-state index contributed by atoms with van der Waals surface area (Å²) in [6.07, 6.45) is 3.56. The Balaban J connectivity index is 5.08. The van der Waals surface area contributed by atoms with Gasteiger partial charge in [0.05, 0.1) is 0 Å². The highest BCUT2D eigenvalue weighted by molar-refractivity contribution is 6.77. The summed E-state index contributed by atoms with van der Waals surface area (Å²) in [6.45, 7) is 17.7. The Morgan fingerprint density at radius 1 is 0.630 bits per heavy atom. The predicted molar refractivity (Wildman–Crippen MR) is 122 cm³/mol. The molecule has 0 unspecified atom stereocenters. The number of nitrogens with zero attached hydrogens (tertiary/aromatic N) is 2. The predicted octanol–water partition coefficient (Wildman–Crippen LogP) is 4.68. The molecule has 0 bridgehead atoms. The van der Waals surface area contributed by atoms with Crippen LogP contribution >= 0.6 is 0 Å². The van der Waals surface area contributed by atoms with Crippen LogP contribution in [0.4, 0.5) is 0 Å². The second kappa shape index (κ2) is 15.1. The third kappa shape index (κ3) is 8.64. The quantitative estimate of drug-likeness (QED) is 0.301. The Labute approximate surface area is 172 Å². The van der Waals surface area contributed by atoms with E-state index in [1.807, 2.05) is 0 Å². The molecule has 0 aliphatic rings. The van der Waals surface area contributed by atoms with Crippen LogP contribution in [-0.2, 0) is 13.3 Å². The lowest BCUT2D eigenvalue weighted by atomic mass is 10.3. The molecule has 0 heterocycles. The first-order valence-corrected chi connectivity index (χ1v) is 15.6. The van der Waals surface area contributed by atoms with E-state index in [2.05, 4.69) is 44.1 Å². The summed E-state index contributed by atoms with van der Waals surface area (Å²) in [6, 6.07) is 4.90. The van der Waals surface area contributed by atoms with Crippen LogP contribution in [0.5, 0.6) is 0 Å². The van der Waals surface area contributed by atoms with E-state index in [-0.39, 0.29) is 0 Å². The second-order valence-electron chi connectivity index (χ2n) is 7.51. The van der Waals surface area contributed by atoms with Gasteiger partial charge in [0.1, 0.15) is 8.24 Å². The lowest BCUT2D eigenvalue weighted by molar-refractivity contribution is 0.122. The molecule has 164 valence electrons. The summed E-state index contributed by atoms with van der Waals surface area (Å²) in [5.41, 5.74) is 0. The van der Waals surface area contributed by atoms with Crippen molar-refractivity contribution in [2.45, 2.75) is 78.1 Å². The molecule has 0 aliphatic heterocycles. The molecule has 0 aliphatic carbocycles. The standard InChI is InChI=1S/C20H48N2O3Si2/c1-9-15-21(16-10-2)18-19-22(26(11-3,12-4)13-5)17-14-20-27(23-6,24-7)25-8/h9-20H2,1-8H3. The zero-order valence-corrected chi connectivity index (χ0v) is 21.6. The summed E-state index contributed by atoms with van der Waals surface area (Å²) < 4.78 is 19.8. The van der Waals surface area contributed by atoms with Gasteiger partial charge in [-0.1, -0.05) is 34.6 Å². The fourth-order valence-corrected chi connectivity index (χ4v) is 10.0. The maximum Gasteiger partial charge on any atom is 0.500 e. The lowest BCUT2D eigenvalue weighted by Crippen LogP contribution is -2.55. The first kappa shape index (κ1) is 27.2. The SMILES string of the molecule is CCCN(CCC)CCN(CCC[Si](OC)(OC)OC)[Si](CC)(CC)CC. The van der Waals surface area contributed by atoms with E-state index in [0.717, 1.165) is 19.0 Å². The van der Waals surface area contributed by atoms with Gasteiger partial charge in [-0.15, -0.1) is 0 Å². The summed E-state index contributed by atoms with van der Waals surface area (Å²) in [4.78, 5) is 2.64. The van der Waals surface area contributed by atoms with Gasteiger partial charge < -0.3 is 22.7 Å². The molecule has 0 N–H and O–H groups in total. The van der Waals surface area contributed by atoms with Crippen LogP contribution in [0, 0.1) is 0 Å². The Bertz CT molecular complexity index is 332. The fourth-order valence-electron chi connectivity index (χ4n) is 4.28. The molecule has 0 aromatic carbocycles. The topological polar surface area (TPSA) is 34.2 Å². The Kier molecular flexibility index (Phi) is 15.3. The van der Waals surface area contributed by atoms with Gasteiger partial charge in [-0.2, -0.15) is 0 Å². The van der Waals surface area contributed by atoms with Gasteiger partial charge in [-0.3, -0.25) is 0 Å². The second-order valence-corrected chi connectivity index (χ2v) is 15.8. The number of hydrogen-bond donors (Lipinski definition) is 0. The van der Waals surface area contributed by atoms with E-state index in [1.165, 1.54) is 57.2 Å². The molecular formula is C20H48N2O3Si2. The summed E-state index contributed by atoms with van der Waals surface area (Å²) in [5, 5.41) is 0. The first-order valence-electron chi connectivity index (χ1n) is 11.1. The molecule has 0 aromatic heterocycles. The largest absolute Gasteiger partial charge is 0.500 e. The third-order valence-electron chi connectivity index (χ3n) is 6.25. The molecular weight excluding hydrogens is 372 g/mol. The normalized spacial score (nSPS) is 13.1. The van der Waals surface area contributed by atoms with Crippen molar-refractivity contribution in [1.29, 1.82) is 0 Å². The van der Waals surface area contributed by atoms with Crippen molar-refractivity contribution < 1.29 is 13.3 Å². The van der Waals surface area contributed by atoms with Crippen molar-refractivity contribution in [2.75, 3.05) is 54.1 Å². The molecule has 0 radical (unpaired) electrons. The van der Waals surface area contributed by atoms with E-state index in [1.54, 1.807) is 21.3 Å². The van der Waals surface area contributed by atoms with Gasteiger partial charge in [0.2, 0.25) is 0 Å². The van der Waals surface area contributed by atoms with E-state index < -0.39 is 17.0 Å². The molecule has 0 atom stereocenters. The molecule has 0 spiro atoms. The molecule has 0 saturated carbocycles.